The van der Waals surface area contributed by atoms with Crippen LogP contribution in [-0.2, 0) is 115 Å². The molecule has 842 valence electrons. The van der Waals surface area contributed by atoms with Crippen molar-refractivity contribution in [3.63, 3.8) is 0 Å². The number of aliphatic hydroxyl groups is 4. The highest BCUT2D eigenvalue weighted by Crippen LogP contribution is 2.24. The van der Waals surface area contributed by atoms with Gasteiger partial charge in [-0.3, -0.25) is 116 Å². The molecule has 0 saturated carbocycles. The van der Waals surface area contributed by atoms with Crippen LogP contribution in [-0.4, -0.2) is 367 Å². The second-order valence-corrected chi connectivity index (χ2v) is 39.0. The van der Waals surface area contributed by atoms with Crippen LogP contribution in [0.4, 0.5) is 0 Å². The molecule has 2 fully saturated rings. The average molecular weight is 2120 g/mol. The summed E-state index contributed by atoms with van der Waals surface area (Å²) in [5.74, 6) is -28.1. The molecule has 0 unspecified atom stereocenters. The average Bonchev–Trinajstić information content (AvgIpc) is 1.72. The van der Waals surface area contributed by atoms with Crippen molar-refractivity contribution >= 4 is 148 Å². The number of carbonyl (C=O) groups is 24. The summed E-state index contributed by atoms with van der Waals surface area (Å²) in [7, 11) is 0. The van der Waals surface area contributed by atoms with E-state index in [2.05, 4.69) is 95.7 Å². The van der Waals surface area contributed by atoms with Gasteiger partial charge in [-0.05, 0) is 166 Å². The molecule has 36 N–H and O–H groups in total. The molecule has 2 saturated heterocycles. The van der Waals surface area contributed by atoms with Gasteiger partial charge in [0.25, 0.3) is 0 Å². The number of carboxylic acid groups (broad SMARTS) is 3. The van der Waals surface area contributed by atoms with Gasteiger partial charge in [0, 0.05) is 45.3 Å². The molecule has 0 aromatic carbocycles. The van der Waals surface area contributed by atoms with Gasteiger partial charge in [-0.15, -0.1) is 0 Å². The van der Waals surface area contributed by atoms with Crippen LogP contribution in [0.15, 0.2) is 0 Å². The number of guanidine groups is 1. The lowest BCUT2D eigenvalue weighted by Crippen LogP contribution is -2.62. The van der Waals surface area contributed by atoms with E-state index in [-0.39, 0.29) is 140 Å². The lowest BCUT2D eigenvalue weighted by Gasteiger charge is -2.32. The molecule has 0 bridgehead atoms. The second-order valence-electron chi connectivity index (χ2n) is 39.0. The zero-order chi connectivity index (χ0) is 113. The van der Waals surface area contributed by atoms with Crippen LogP contribution < -0.4 is 124 Å². The summed E-state index contributed by atoms with van der Waals surface area (Å²) in [5.41, 5.74) is 27.6. The first-order chi connectivity index (χ1) is 69.6. The minimum atomic E-state index is -1.95. The van der Waals surface area contributed by atoms with Gasteiger partial charge in [-0.25, -0.2) is 4.79 Å². The number of amides is 21. The maximum Gasteiger partial charge on any atom is 0.326 e. The van der Waals surface area contributed by atoms with Crippen molar-refractivity contribution in [1.82, 2.24) is 106 Å². The molecule has 2 rings (SSSR count). The number of aliphatic hydroxyl groups excluding tert-OH is 4. The summed E-state index contributed by atoms with van der Waals surface area (Å²) in [6.07, 6.45) is -9.04. The fraction of sp³-hybridized carbons (Fsp3) is 0.728. The van der Waals surface area contributed by atoms with Crippen molar-refractivity contribution in [3.05, 3.63) is 0 Å². The Labute approximate surface area is 862 Å². The summed E-state index contributed by atoms with van der Waals surface area (Å²) < 4.78 is 0. The number of hydrogen-bond donors (Lipinski definition) is 31. The lowest BCUT2D eigenvalue weighted by molar-refractivity contribution is -0.145. The maximum absolute atomic E-state index is 14.5. The van der Waals surface area contributed by atoms with Gasteiger partial charge < -0.3 is 170 Å². The van der Waals surface area contributed by atoms with E-state index in [4.69, 9.17) is 34.1 Å². The Bertz CT molecular complexity index is 4600. The highest BCUT2D eigenvalue weighted by molar-refractivity contribution is 6.02. The number of unbranched alkanes of at least 4 members (excludes halogenated alkanes) is 1. The van der Waals surface area contributed by atoms with Crippen LogP contribution >= 0.6 is 0 Å². The fourth-order valence-electron chi connectivity index (χ4n) is 15.8. The number of likely N-dealkylation sites (tertiary alicyclic amines) is 2. The molecule has 0 aromatic rings. The summed E-state index contributed by atoms with van der Waals surface area (Å²) in [4.78, 5) is 326. The largest absolute Gasteiger partial charge is 0.481 e. The molecule has 57 nitrogen and oxygen atoms in total. The number of rotatable bonds is 70. The number of hydrogen-bond acceptors (Lipinski definition) is 31. The number of nitrogens with one attached hydrogen (secondary N) is 19. The van der Waals surface area contributed by atoms with Crippen LogP contribution in [0, 0.1) is 35.0 Å². The minimum absolute atomic E-state index is 0.00707. The Hall–Kier alpha value is -13.7. The van der Waals surface area contributed by atoms with Crippen molar-refractivity contribution in [1.29, 1.82) is 5.41 Å². The molecule has 20 atom stereocenters. The van der Waals surface area contributed by atoms with Gasteiger partial charge in [0.15, 0.2) is 5.96 Å². The van der Waals surface area contributed by atoms with Crippen LogP contribution in [0.25, 0.3) is 0 Å². The number of nitrogens with zero attached hydrogens (tertiary/aromatic N) is 2. The topological polar surface area (TPSA) is 928 Å². The second kappa shape index (κ2) is 66.6. The highest BCUT2D eigenvalue weighted by Gasteiger charge is 2.46. The Morgan fingerprint density at radius 1 is 0.336 bits per heavy atom. The molecule has 2 aliphatic rings. The monoisotopic (exact) mass is 2120 g/mol. The zero-order valence-corrected chi connectivity index (χ0v) is 86.6. The van der Waals surface area contributed by atoms with Crippen molar-refractivity contribution < 1.29 is 151 Å². The van der Waals surface area contributed by atoms with Crippen molar-refractivity contribution in [2.75, 3.05) is 52.4 Å². The Morgan fingerprint density at radius 2 is 0.678 bits per heavy atom. The molecule has 57 heteroatoms. The van der Waals surface area contributed by atoms with Gasteiger partial charge >= 0.3 is 17.9 Å². The quantitative estimate of drug-likeness (QED) is 0.0153. The first-order valence-electron chi connectivity index (χ1n) is 49.7. The highest BCUT2D eigenvalue weighted by atomic mass is 16.4. The normalized spacial score (nSPS) is 17.0. The van der Waals surface area contributed by atoms with E-state index in [1.54, 1.807) is 55.4 Å². The number of carboxylic acids is 3. The smallest absolute Gasteiger partial charge is 0.326 e. The van der Waals surface area contributed by atoms with Crippen molar-refractivity contribution in [2.24, 2.45) is 58.3 Å². The van der Waals surface area contributed by atoms with E-state index in [9.17, 15) is 151 Å². The number of nitrogens with two attached hydrogens (primary N) is 5. The molecular weight excluding hydrogens is 1970 g/mol. The van der Waals surface area contributed by atoms with E-state index >= 15 is 0 Å². The molecule has 2 aliphatic heterocycles. The predicted molar refractivity (Wildman–Crippen MR) is 529 cm³/mol. The number of carbonyl (C=O) groups excluding carboxylic acids is 21. The van der Waals surface area contributed by atoms with Crippen LogP contribution in [0.3, 0.4) is 0 Å². The third-order valence-electron chi connectivity index (χ3n) is 23.7. The van der Waals surface area contributed by atoms with Gasteiger partial charge in [0.2, 0.25) is 124 Å². The third-order valence-corrected chi connectivity index (χ3v) is 23.7. The molecule has 2 heterocycles. The first-order valence-corrected chi connectivity index (χ1v) is 49.7. The third kappa shape index (κ3) is 48.9. The van der Waals surface area contributed by atoms with Crippen molar-refractivity contribution in [2.45, 2.75) is 346 Å². The van der Waals surface area contributed by atoms with E-state index in [1.807, 2.05) is 0 Å². The molecule has 149 heavy (non-hydrogen) atoms. The predicted octanol–water partition coefficient (Wildman–Crippen LogP) is -10.9. The number of aliphatic carboxylic acids is 3. The summed E-state index contributed by atoms with van der Waals surface area (Å²) in [6, 6.07) is -26.8. The molecule has 0 aromatic heterocycles. The van der Waals surface area contributed by atoms with E-state index < -0.39 is 346 Å². The van der Waals surface area contributed by atoms with Crippen molar-refractivity contribution in [3.8, 4) is 0 Å². The van der Waals surface area contributed by atoms with Crippen LogP contribution in [0.5, 0.6) is 0 Å². The Kier molecular flexibility index (Phi) is 58.7. The van der Waals surface area contributed by atoms with E-state index in [0.29, 0.717) is 0 Å². The summed E-state index contributed by atoms with van der Waals surface area (Å²) in [5, 5.41) is 123. The molecule has 0 radical (unpaired) electrons. The molecular formula is C92H158N26O31. The Morgan fingerprint density at radius 3 is 1.10 bits per heavy atom. The number of primary amides is 2. The fourth-order valence-corrected chi connectivity index (χ4v) is 15.8. The minimum Gasteiger partial charge on any atom is -0.481 e. The van der Waals surface area contributed by atoms with Gasteiger partial charge in [-0.1, -0.05) is 69.2 Å². The SMILES string of the molecule is CC(C)C[C@H](NC(=O)[C@@H](NC(=O)[C@H](CC(C)C)NC(=O)[C@@H]1CCCN1C(=O)[C@@H](NC(=O)CNC(=O)[C@@H]1CCCN1C(=O)[C@@H](NC(=O)[C@@H](NC(=O)[C@H](CC(C)C)NC(=O)[C@H](CCCNC(=N)N)NC(=O)CNC(=O)CNC(=O)[C@H](CO)NC(=O)[C@H](CCC(=O)O)NC(=O)[C@H](CCCCN)NC(=O)[C@H](CC(C)C)NC(=O)[C@H](CCC(N)=O)NC(=O)[C@H](CCC(=O)O)NC(=O)[C@@H](N)CCC(N)=O)C(C)C)[C@@H](C)O)[C@@H](C)O)[C@@H](C)O)C(=O)O. The first kappa shape index (κ1) is 131. The summed E-state index contributed by atoms with van der Waals surface area (Å²) in [6.45, 7) is 16.1. The summed E-state index contributed by atoms with van der Waals surface area (Å²) >= 11 is 0. The van der Waals surface area contributed by atoms with E-state index in [0.717, 1.165) is 16.7 Å². The zero-order valence-electron chi connectivity index (χ0n) is 86.6. The molecule has 0 aliphatic carbocycles. The van der Waals surface area contributed by atoms with Gasteiger partial charge in [0.1, 0.15) is 96.7 Å². The maximum atomic E-state index is 14.5. The van der Waals surface area contributed by atoms with Crippen LogP contribution in [0.2, 0.25) is 0 Å². The molecule has 0 spiro atoms. The van der Waals surface area contributed by atoms with Gasteiger partial charge in [0.05, 0.1) is 50.6 Å². The van der Waals surface area contributed by atoms with Crippen LogP contribution in [0.1, 0.15) is 225 Å². The Balaban J connectivity index is 2.30. The lowest BCUT2D eigenvalue weighted by atomic mass is 9.98. The van der Waals surface area contributed by atoms with Gasteiger partial charge in [-0.2, -0.15) is 0 Å². The van der Waals surface area contributed by atoms with E-state index in [1.165, 1.54) is 27.7 Å². The molecule has 21 amide bonds. The standard InChI is InChI=1S/C92H158N26O31/c1-43(2)35-57(108-80(137)54(24-28-65(96)124)106-79(136)55(25-29-69(128)129)104-75(132)51(94)23-27-64(95)123)82(139)105-53(19-14-15-31-93)78(135)107-56(26-30-70(130)131)81(138)112-61(42-119)76(133)101-39-66(125)100-40-67(126)103-52(20-16-32-99-92(97)98)77(134)109-58(36-44(3)4)83(140)114-71(47(9)10)87(144)116-74(50(13)122)90(147)117-33-17-21-62(117)85(142)102-41-68(127)113-73(49(12)121)89(146)118-34-18-22-63(118)86(143)110-59(37-45(5)6)84(141)115-72(48(11)120)88(145)111-60(91(148)149)38-46(7)8/h43-63,71-74,119-122H,14-42,93-94H2,1-13H3,(H2,95,123)(H2,96,124)(H,100,125)(H,101,133)(H,102,142)(H,103,126)(H,104,132)(H,105,139)(H,106,136)(H,107,135)(H,108,137)(H,109,134)(H,110,143)(H,111,145)(H,112,138)(H,113,127)(H,114,140)(H,115,141)(H,116,144)(H,128,129)(H,130,131)(H,148,149)(H4,97,98,99)/t48-,49-,50-,51+,52+,53+,54+,55+,56+,57+,58+,59+,60+,61+,62+,63+,71+,72+,73+,74+/m1/s1.